The zero-order chi connectivity index (χ0) is 29.0. The number of thiophene rings is 1. The van der Waals surface area contributed by atoms with Crippen molar-refractivity contribution >= 4 is 39.1 Å². The van der Waals surface area contributed by atoms with Crippen LogP contribution >= 0.6 is 11.3 Å². The van der Waals surface area contributed by atoms with Gasteiger partial charge in [0, 0.05) is 30.6 Å². The number of carboxylic acids is 1. The number of fused-ring (bicyclic) bond motifs is 2. The zero-order valence-corrected chi connectivity index (χ0v) is 26.3. The van der Waals surface area contributed by atoms with Crippen molar-refractivity contribution in [3.8, 4) is 22.7 Å². The fraction of sp³-hybridized carbons (Fsp3) is 0.226. The number of aryl methyl sites for hydroxylation is 1. The van der Waals surface area contributed by atoms with Gasteiger partial charge in [-0.3, -0.25) is 14.6 Å². The molecule has 0 aliphatic carbocycles. The van der Waals surface area contributed by atoms with Crippen molar-refractivity contribution < 1.29 is 53.8 Å². The van der Waals surface area contributed by atoms with E-state index in [0.717, 1.165) is 15.9 Å². The Labute approximate surface area is 272 Å². The molecule has 10 nitrogen and oxygen atoms in total. The van der Waals surface area contributed by atoms with E-state index in [-0.39, 0.29) is 46.8 Å². The summed E-state index contributed by atoms with van der Waals surface area (Å²) < 4.78 is 8.32. The molecular formula is C31H24N5NaO5S. The summed E-state index contributed by atoms with van der Waals surface area (Å²) in [4.78, 5) is 49.5. The number of carboxylic acid groups (broad SMARTS) is 1. The van der Waals surface area contributed by atoms with Gasteiger partial charge in [0.15, 0.2) is 17.4 Å². The van der Waals surface area contributed by atoms with E-state index >= 15 is 0 Å². The Morgan fingerprint density at radius 1 is 1.05 bits per heavy atom. The fourth-order valence-corrected chi connectivity index (χ4v) is 7.07. The van der Waals surface area contributed by atoms with E-state index in [1.807, 2.05) is 31.2 Å². The summed E-state index contributed by atoms with van der Waals surface area (Å²) in [6.45, 7) is 3.12. The van der Waals surface area contributed by atoms with E-state index in [4.69, 9.17) is 4.74 Å². The summed E-state index contributed by atoms with van der Waals surface area (Å²) in [6.07, 6.45) is 4.07. The Hall–Kier alpha value is -3.74. The maximum Gasteiger partial charge on any atom is 1.00 e. The predicted molar refractivity (Wildman–Crippen MR) is 153 cm³/mol. The van der Waals surface area contributed by atoms with Crippen LogP contribution in [-0.2, 0) is 0 Å². The number of nitrogens with zero attached hydrogens (tertiary/aromatic N) is 4. The summed E-state index contributed by atoms with van der Waals surface area (Å²) in [5.74, 6) is -1.96. The van der Waals surface area contributed by atoms with Crippen molar-refractivity contribution in [2.75, 3.05) is 13.1 Å². The molecule has 6 heterocycles. The maximum absolute atomic E-state index is 14.4. The standard InChI is InChI=1S/C31H25N5O5S.Na/c1-17-20-16-24(42-29(20)36(35-17)25-4-2-3-10-34-25)28(38)26-27(37)21-14-18(19-7-11-33-22(15-19)30(39)40)5-6-23(21)41-31(26)8-12-32-13-9-31;/h2-7,10-11,14-16,26,32H,8-9,12-13H2,1H3,(H,39,40);/q;+1/p-1/t26-;/m1./s1. The van der Waals surface area contributed by atoms with Crippen LogP contribution in [0.3, 0.4) is 0 Å². The molecule has 1 atom stereocenters. The predicted octanol–water partition coefficient (Wildman–Crippen LogP) is 0.416. The Morgan fingerprint density at radius 2 is 1.84 bits per heavy atom. The number of benzene rings is 1. The van der Waals surface area contributed by atoms with Gasteiger partial charge in [-0.1, -0.05) is 12.1 Å². The molecule has 4 aromatic heterocycles. The van der Waals surface area contributed by atoms with Gasteiger partial charge in [0.05, 0.1) is 27.8 Å². The van der Waals surface area contributed by atoms with Gasteiger partial charge in [0.2, 0.25) is 0 Å². The molecule has 1 N–H and O–H groups in total. The molecule has 1 aromatic carbocycles. The minimum atomic E-state index is -1.39. The number of ether oxygens (including phenoxy) is 1. The van der Waals surface area contributed by atoms with Crippen LogP contribution in [0.5, 0.6) is 5.75 Å². The van der Waals surface area contributed by atoms with Gasteiger partial charge in [-0.15, -0.1) is 11.3 Å². The van der Waals surface area contributed by atoms with E-state index in [9.17, 15) is 19.5 Å². The van der Waals surface area contributed by atoms with Crippen LogP contribution in [-0.4, -0.2) is 56.0 Å². The summed E-state index contributed by atoms with van der Waals surface area (Å²) in [6, 6.07) is 15.6. The molecule has 12 heteroatoms. The topological polar surface area (TPSA) is 139 Å². The molecular weight excluding hydrogens is 577 g/mol. The Balaban J connectivity index is 0.00000329. The first-order chi connectivity index (χ1) is 20.3. The summed E-state index contributed by atoms with van der Waals surface area (Å²) >= 11 is 1.30. The Bertz CT molecular complexity index is 1900. The zero-order valence-electron chi connectivity index (χ0n) is 23.5. The van der Waals surface area contributed by atoms with E-state index < -0.39 is 17.5 Å². The average Bonchev–Trinajstić information content (AvgIpc) is 3.58. The van der Waals surface area contributed by atoms with E-state index in [2.05, 4.69) is 20.4 Å². The molecule has 5 aromatic rings. The molecule has 43 heavy (non-hydrogen) atoms. The molecule has 1 fully saturated rings. The van der Waals surface area contributed by atoms with Crippen LogP contribution in [0.25, 0.3) is 27.2 Å². The normalized spacial score (nSPS) is 17.2. The molecule has 0 amide bonds. The molecule has 0 radical (unpaired) electrons. The van der Waals surface area contributed by atoms with E-state index in [1.54, 1.807) is 35.1 Å². The number of nitrogens with one attached hydrogen (secondary N) is 1. The number of aromatic nitrogens is 4. The fourth-order valence-electron chi connectivity index (χ4n) is 5.93. The Kier molecular flexibility index (Phi) is 7.78. The molecule has 0 bridgehead atoms. The first kappa shape index (κ1) is 29.3. The van der Waals surface area contributed by atoms with E-state index in [1.165, 1.54) is 23.6 Å². The maximum atomic E-state index is 14.4. The molecule has 0 unspecified atom stereocenters. The number of hydrogen-bond acceptors (Lipinski definition) is 10. The SMILES string of the molecule is Cc1nn(-c2ccccn2)c2sc(C(=O)[C@H]3C(=O)c4cc(-c5ccnc(C(=O)[O-])c5)ccc4OC34CCNCC4)cc12.[Na+]. The third-order valence-electron chi connectivity index (χ3n) is 8.01. The van der Waals surface area contributed by atoms with E-state index in [0.29, 0.717) is 59.1 Å². The largest absolute Gasteiger partial charge is 1.00 e. The van der Waals surface area contributed by atoms with Crippen molar-refractivity contribution in [2.24, 2.45) is 5.92 Å². The number of carbonyl (C=O) groups is 3. The minimum Gasteiger partial charge on any atom is -0.543 e. The number of aromatic carboxylic acids is 1. The number of rotatable bonds is 5. The van der Waals surface area contributed by atoms with Crippen LogP contribution in [0.4, 0.5) is 0 Å². The molecule has 7 rings (SSSR count). The number of piperidine rings is 1. The first-order valence-electron chi connectivity index (χ1n) is 13.6. The number of carbonyl (C=O) groups excluding carboxylic acids is 3. The van der Waals surface area contributed by atoms with Gasteiger partial charge in [-0.05, 0) is 73.6 Å². The second kappa shape index (κ2) is 11.4. The van der Waals surface area contributed by atoms with Gasteiger partial charge in [0.1, 0.15) is 22.1 Å². The number of ketones is 2. The number of hydrogen-bond donors (Lipinski definition) is 1. The van der Waals surface area contributed by atoms with Crippen molar-refractivity contribution in [1.29, 1.82) is 0 Å². The van der Waals surface area contributed by atoms with Crippen molar-refractivity contribution in [1.82, 2.24) is 25.1 Å². The molecule has 2 aliphatic heterocycles. The molecule has 0 saturated carbocycles. The molecule has 1 saturated heterocycles. The first-order valence-corrected chi connectivity index (χ1v) is 14.4. The van der Waals surface area contributed by atoms with Crippen LogP contribution < -0.4 is 44.7 Å². The minimum absolute atomic E-state index is 0. The second-order valence-corrected chi connectivity index (χ2v) is 11.6. The van der Waals surface area contributed by atoms with Gasteiger partial charge in [-0.2, -0.15) is 5.10 Å². The van der Waals surface area contributed by atoms with Gasteiger partial charge >= 0.3 is 29.6 Å². The van der Waals surface area contributed by atoms with Crippen LogP contribution in [0.15, 0.2) is 67.0 Å². The quantitative estimate of drug-likeness (QED) is 0.173. The van der Waals surface area contributed by atoms with Crippen molar-refractivity contribution in [3.05, 3.63) is 88.8 Å². The summed E-state index contributed by atoms with van der Waals surface area (Å²) in [5, 5.41) is 20.1. The van der Waals surface area contributed by atoms with Gasteiger partial charge in [-0.25, -0.2) is 9.67 Å². The summed E-state index contributed by atoms with van der Waals surface area (Å²) in [7, 11) is 0. The third-order valence-corrected chi connectivity index (χ3v) is 9.14. The number of pyridine rings is 2. The molecule has 2 aliphatic rings. The monoisotopic (exact) mass is 601 g/mol. The number of Topliss-reactive ketones (excluding diaryl/α,β-unsaturated/α-hetero) is 2. The van der Waals surface area contributed by atoms with Gasteiger partial charge in [0.25, 0.3) is 0 Å². The average molecular weight is 602 g/mol. The Morgan fingerprint density at radius 3 is 2.58 bits per heavy atom. The smallest absolute Gasteiger partial charge is 0.543 e. The molecule has 210 valence electrons. The van der Waals surface area contributed by atoms with Crippen LogP contribution in [0.1, 0.15) is 49.1 Å². The van der Waals surface area contributed by atoms with Crippen LogP contribution in [0, 0.1) is 12.8 Å². The third kappa shape index (κ3) is 5.00. The molecule has 1 spiro atoms. The van der Waals surface area contributed by atoms with Crippen molar-refractivity contribution in [3.63, 3.8) is 0 Å². The van der Waals surface area contributed by atoms with Crippen LogP contribution in [0.2, 0.25) is 0 Å². The summed E-state index contributed by atoms with van der Waals surface area (Å²) in [5.41, 5.74) is 1.03. The van der Waals surface area contributed by atoms with Crippen molar-refractivity contribution in [2.45, 2.75) is 25.4 Å². The van der Waals surface area contributed by atoms with Gasteiger partial charge < -0.3 is 20.0 Å². The second-order valence-electron chi connectivity index (χ2n) is 10.5.